The van der Waals surface area contributed by atoms with Crippen LogP contribution in [0.15, 0.2) is 24.5 Å². The second-order valence-corrected chi connectivity index (χ2v) is 4.75. The van der Waals surface area contributed by atoms with Crippen LogP contribution in [0.3, 0.4) is 0 Å². The second-order valence-electron chi connectivity index (χ2n) is 4.75. The van der Waals surface area contributed by atoms with Gasteiger partial charge in [0.1, 0.15) is 0 Å². The Morgan fingerprint density at radius 3 is 2.59 bits per heavy atom. The molecule has 0 spiro atoms. The second kappa shape index (κ2) is 5.75. The van der Waals surface area contributed by atoms with E-state index in [1.54, 1.807) is 38.4 Å². The van der Waals surface area contributed by atoms with E-state index in [1.807, 2.05) is 6.92 Å². The van der Waals surface area contributed by atoms with Crippen molar-refractivity contribution in [1.29, 1.82) is 0 Å². The third-order valence-electron chi connectivity index (χ3n) is 2.18. The Bertz CT molecular complexity index is 360. The van der Waals surface area contributed by atoms with Gasteiger partial charge in [-0.25, -0.2) is 5.43 Å². The average Bonchev–Trinajstić information content (AvgIpc) is 2.25. The van der Waals surface area contributed by atoms with Crippen LogP contribution in [0.1, 0.15) is 37.6 Å². The lowest BCUT2D eigenvalue weighted by Crippen LogP contribution is -2.45. The molecule has 1 heterocycles. The quantitative estimate of drug-likeness (QED) is 0.664. The van der Waals surface area contributed by atoms with Gasteiger partial charge in [0.05, 0.1) is 5.60 Å². The summed E-state index contributed by atoms with van der Waals surface area (Å²) in [6.07, 6.45) is 3.67. The van der Waals surface area contributed by atoms with Crippen LogP contribution in [0.2, 0.25) is 0 Å². The molecule has 0 aliphatic carbocycles. The summed E-state index contributed by atoms with van der Waals surface area (Å²) < 4.78 is 0. The molecule has 0 aliphatic heterocycles. The molecule has 5 nitrogen and oxygen atoms in total. The fraction of sp³-hybridized carbons (Fsp3) is 0.500. The minimum absolute atomic E-state index is 0.0132. The van der Waals surface area contributed by atoms with Crippen LogP contribution in [0.25, 0.3) is 0 Å². The van der Waals surface area contributed by atoms with Gasteiger partial charge in [-0.15, -0.1) is 0 Å². The third-order valence-corrected chi connectivity index (χ3v) is 2.18. The first-order valence-corrected chi connectivity index (χ1v) is 5.57. The lowest BCUT2D eigenvalue weighted by molar-refractivity contribution is 0.0579. The van der Waals surface area contributed by atoms with E-state index in [9.17, 15) is 9.90 Å². The van der Waals surface area contributed by atoms with E-state index < -0.39 is 5.60 Å². The molecular weight excluding hydrogens is 218 g/mol. The van der Waals surface area contributed by atoms with Gasteiger partial charge >= 0.3 is 0 Å². The van der Waals surface area contributed by atoms with E-state index in [0.717, 1.165) is 0 Å². The van der Waals surface area contributed by atoms with Gasteiger partial charge in [-0.1, -0.05) is 0 Å². The van der Waals surface area contributed by atoms with Crippen LogP contribution in [-0.2, 0) is 0 Å². The number of rotatable bonds is 5. The van der Waals surface area contributed by atoms with Crippen LogP contribution in [0, 0.1) is 0 Å². The molecule has 17 heavy (non-hydrogen) atoms. The number of amides is 1. The molecule has 0 saturated heterocycles. The third kappa shape index (κ3) is 5.42. The van der Waals surface area contributed by atoms with E-state index in [4.69, 9.17) is 0 Å². The van der Waals surface area contributed by atoms with Crippen LogP contribution in [0.4, 0.5) is 0 Å². The first kappa shape index (κ1) is 13.6. The SMILES string of the molecule is C[C@H](CC(C)(C)O)NNC(=O)c1ccncc1. The topological polar surface area (TPSA) is 74.2 Å². The van der Waals surface area contributed by atoms with Crippen molar-refractivity contribution in [2.45, 2.75) is 38.8 Å². The highest BCUT2D eigenvalue weighted by Crippen LogP contribution is 2.09. The predicted octanol–water partition coefficient (Wildman–Crippen LogP) is 0.865. The first-order chi connectivity index (χ1) is 7.88. The van der Waals surface area contributed by atoms with Gasteiger partial charge in [0.25, 0.3) is 5.91 Å². The lowest BCUT2D eigenvalue weighted by atomic mass is 10.0. The van der Waals surface area contributed by atoms with Crippen molar-refractivity contribution in [3.05, 3.63) is 30.1 Å². The molecule has 3 N–H and O–H groups in total. The summed E-state index contributed by atoms with van der Waals surface area (Å²) >= 11 is 0. The highest BCUT2D eigenvalue weighted by molar-refractivity contribution is 5.93. The normalized spacial score (nSPS) is 13.2. The molecule has 94 valence electrons. The maximum absolute atomic E-state index is 11.7. The van der Waals surface area contributed by atoms with Crippen molar-refractivity contribution >= 4 is 5.91 Å². The van der Waals surface area contributed by atoms with Crippen LogP contribution >= 0.6 is 0 Å². The summed E-state index contributed by atoms with van der Waals surface area (Å²) in [5, 5.41) is 9.61. The molecule has 0 bridgehead atoms. The van der Waals surface area contributed by atoms with E-state index in [0.29, 0.717) is 12.0 Å². The summed E-state index contributed by atoms with van der Waals surface area (Å²) in [5.41, 5.74) is 5.24. The molecule has 0 fully saturated rings. The first-order valence-electron chi connectivity index (χ1n) is 5.57. The standard InChI is InChI=1S/C12H19N3O2/c1-9(8-12(2,3)17)14-15-11(16)10-4-6-13-7-5-10/h4-7,9,14,17H,8H2,1-3H3,(H,15,16)/t9-/m1/s1. The van der Waals surface area contributed by atoms with Gasteiger partial charge in [0.2, 0.25) is 0 Å². The minimum atomic E-state index is -0.756. The summed E-state index contributed by atoms with van der Waals surface area (Å²) in [6, 6.07) is 3.26. The summed E-state index contributed by atoms with van der Waals surface area (Å²) in [5.74, 6) is -0.213. The van der Waals surface area contributed by atoms with E-state index in [-0.39, 0.29) is 11.9 Å². The number of hydrogen-bond acceptors (Lipinski definition) is 4. The van der Waals surface area contributed by atoms with Crippen molar-refractivity contribution in [3.8, 4) is 0 Å². The molecule has 0 aromatic carbocycles. The van der Waals surface area contributed by atoms with Crippen LogP contribution in [0.5, 0.6) is 0 Å². The number of aliphatic hydroxyl groups is 1. The molecule has 5 heteroatoms. The highest BCUT2D eigenvalue weighted by atomic mass is 16.3. The number of aromatic nitrogens is 1. The number of hydrazine groups is 1. The zero-order valence-corrected chi connectivity index (χ0v) is 10.4. The van der Waals surface area contributed by atoms with Gasteiger partial charge in [-0.2, -0.15) is 0 Å². The van der Waals surface area contributed by atoms with Gasteiger partial charge < -0.3 is 5.11 Å². The molecular formula is C12H19N3O2. The number of carbonyl (C=O) groups excluding carboxylic acids is 1. The Labute approximate surface area is 101 Å². The van der Waals surface area contributed by atoms with Crippen molar-refractivity contribution < 1.29 is 9.90 Å². The smallest absolute Gasteiger partial charge is 0.265 e. The lowest BCUT2D eigenvalue weighted by Gasteiger charge is -2.23. The van der Waals surface area contributed by atoms with Crippen molar-refractivity contribution in [2.24, 2.45) is 0 Å². The zero-order valence-electron chi connectivity index (χ0n) is 10.4. The monoisotopic (exact) mass is 237 g/mol. The van der Waals surface area contributed by atoms with E-state index >= 15 is 0 Å². The summed E-state index contributed by atoms with van der Waals surface area (Å²) in [4.78, 5) is 15.5. The van der Waals surface area contributed by atoms with E-state index in [2.05, 4.69) is 15.8 Å². The number of hydrogen-bond donors (Lipinski definition) is 3. The maximum Gasteiger partial charge on any atom is 0.265 e. The van der Waals surface area contributed by atoms with Crippen LogP contribution in [-0.4, -0.2) is 27.6 Å². The van der Waals surface area contributed by atoms with E-state index in [1.165, 1.54) is 0 Å². The van der Waals surface area contributed by atoms with Gasteiger partial charge in [0, 0.05) is 24.0 Å². The summed E-state index contributed by atoms with van der Waals surface area (Å²) in [6.45, 7) is 5.36. The maximum atomic E-state index is 11.7. The molecule has 1 atom stereocenters. The summed E-state index contributed by atoms with van der Waals surface area (Å²) in [7, 11) is 0. The molecule has 0 unspecified atom stereocenters. The predicted molar refractivity (Wildman–Crippen MR) is 65.2 cm³/mol. The average molecular weight is 237 g/mol. The van der Waals surface area contributed by atoms with Crippen molar-refractivity contribution in [1.82, 2.24) is 15.8 Å². The molecule has 0 aliphatic rings. The molecule has 1 aromatic rings. The van der Waals surface area contributed by atoms with Crippen molar-refractivity contribution in [2.75, 3.05) is 0 Å². The Hall–Kier alpha value is -1.46. The van der Waals surface area contributed by atoms with Crippen LogP contribution < -0.4 is 10.9 Å². The molecule has 0 radical (unpaired) electrons. The zero-order chi connectivity index (χ0) is 12.9. The largest absolute Gasteiger partial charge is 0.390 e. The molecule has 1 amide bonds. The van der Waals surface area contributed by atoms with Gasteiger partial charge in [-0.05, 0) is 39.3 Å². The van der Waals surface area contributed by atoms with Gasteiger partial charge in [0.15, 0.2) is 0 Å². The highest BCUT2D eigenvalue weighted by Gasteiger charge is 2.17. The fourth-order valence-corrected chi connectivity index (χ4v) is 1.56. The number of pyridine rings is 1. The molecule has 0 saturated carbocycles. The Balaban J connectivity index is 2.39. The Kier molecular flexibility index (Phi) is 4.60. The number of carbonyl (C=O) groups is 1. The Morgan fingerprint density at radius 1 is 1.47 bits per heavy atom. The fourth-order valence-electron chi connectivity index (χ4n) is 1.56. The number of nitrogens with one attached hydrogen (secondary N) is 2. The molecule has 1 aromatic heterocycles. The molecule has 1 rings (SSSR count). The minimum Gasteiger partial charge on any atom is -0.390 e. The Morgan fingerprint density at radius 2 is 2.06 bits per heavy atom. The van der Waals surface area contributed by atoms with Crippen molar-refractivity contribution in [3.63, 3.8) is 0 Å². The van der Waals surface area contributed by atoms with Gasteiger partial charge in [-0.3, -0.25) is 15.2 Å². The number of nitrogens with zero attached hydrogens (tertiary/aromatic N) is 1.